The minimum Gasteiger partial charge on any atom is -0.493 e. The average molecular weight is 324 g/mol. The molecule has 0 aliphatic heterocycles. The van der Waals surface area contributed by atoms with Crippen LogP contribution in [0.3, 0.4) is 0 Å². The van der Waals surface area contributed by atoms with E-state index in [1.54, 1.807) is 7.11 Å². The Morgan fingerprint density at radius 2 is 1.91 bits per heavy atom. The Labute approximate surface area is 138 Å². The Kier molecular flexibility index (Phi) is 7.51. The summed E-state index contributed by atoms with van der Waals surface area (Å²) in [4.78, 5) is 11.5. The fraction of sp³-hybridized carbons (Fsp3) is 0.588. The minimum atomic E-state index is -0.471. The van der Waals surface area contributed by atoms with Crippen molar-refractivity contribution in [2.45, 2.75) is 39.7 Å². The summed E-state index contributed by atoms with van der Waals surface area (Å²) >= 11 is 0. The molecule has 0 bridgehead atoms. The van der Waals surface area contributed by atoms with Crippen LogP contribution in [0.25, 0.3) is 0 Å². The largest absolute Gasteiger partial charge is 0.493 e. The Morgan fingerprint density at radius 3 is 2.52 bits per heavy atom. The van der Waals surface area contributed by atoms with Gasteiger partial charge in [-0.2, -0.15) is 0 Å². The zero-order valence-corrected chi connectivity index (χ0v) is 14.7. The summed E-state index contributed by atoms with van der Waals surface area (Å²) in [5, 5.41) is 6.01. The van der Waals surface area contributed by atoms with E-state index in [-0.39, 0.29) is 6.09 Å². The number of hydrogen-bond acceptors (Lipinski definition) is 5. The number of anilines is 1. The molecule has 6 nitrogen and oxygen atoms in total. The van der Waals surface area contributed by atoms with Crippen molar-refractivity contribution in [2.75, 3.05) is 32.1 Å². The molecular weight excluding hydrogens is 296 g/mol. The monoisotopic (exact) mass is 324 g/mol. The number of hydrogen-bond donors (Lipinski definition) is 2. The van der Waals surface area contributed by atoms with Gasteiger partial charge in [0.25, 0.3) is 0 Å². The number of carbonyl (C=O) groups is 1. The molecule has 130 valence electrons. The summed E-state index contributed by atoms with van der Waals surface area (Å²) in [7, 11) is 1.62. The van der Waals surface area contributed by atoms with E-state index in [1.165, 1.54) is 0 Å². The van der Waals surface area contributed by atoms with Crippen LogP contribution in [-0.2, 0) is 4.74 Å². The third-order valence-electron chi connectivity index (χ3n) is 2.81. The Hall–Kier alpha value is -2.11. The van der Waals surface area contributed by atoms with Crippen LogP contribution >= 0.6 is 0 Å². The number of alkyl carbamates (subject to hydrolysis) is 1. The van der Waals surface area contributed by atoms with Gasteiger partial charge in [-0.15, -0.1) is 0 Å². The van der Waals surface area contributed by atoms with Crippen molar-refractivity contribution in [3.63, 3.8) is 0 Å². The molecule has 1 amide bonds. The van der Waals surface area contributed by atoms with Gasteiger partial charge in [0.2, 0.25) is 0 Å². The van der Waals surface area contributed by atoms with Gasteiger partial charge in [-0.05, 0) is 46.2 Å². The average Bonchev–Trinajstić information content (AvgIpc) is 2.46. The van der Waals surface area contributed by atoms with Crippen molar-refractivity contribution in [1.82, 2.24) is 5.32 Å². The van der Waals surface area contributed by atoms with E-state index in [1.807, 2.05) is 45.9 Å². The lowest BCUT2D eigenvalue weighted by atomic mass is 10.2. The zero-order chi connectivity index (χ0) is 17.3. The van der Waals surface area contributed by atoms with E-state index in [2.05, 4.69) is 10.6 Å². The Bertz CT molecular complexity index is 498. The lowest BCUT2D eigenvalue weighted by Crippen LogP contribution is -2.33. The molecule has 0 aromatic heterocycles. The Balaban J connectivity index is 2.32. The van der Waals surface area contributed by atoms with Gasteiger partial charge in [-0.3, -0.25) is 0 Å². The predicted octanol–water partition coefficient (Wildman–Crippen LogP) is 3.42. The van der Waals surface area contributed by atoms with Gasteiger partial charge in [0, 0.05) is 24.8 Å². The van der Waals surface area contributed by atoms with Crippen molar-refractivity contribution < 1.29 is 19.0 Å². The van der Waals surface area contributed by atoms with Crippen LogP contribution in [0, 0.1) is 0 Å². The normalized spacial score (nSPS) is 10.8. The summed E-state index contributed by atoms with van der Waals surface area (Å²) in [6, 6.07) is 5.71. The molecule has 1 rings (SSSR count). The van der Waals surface area contributed by atoms with Crippen LogP contribution in [0.1, 0.15) is 34.1 Å². The molecule has 1 aromatic carbocycles. The van der Waals surface area contributed by atoms with Gasteiger partial charge < -0.3 is 24.8 Å². The highest BCUT2D eigenvalue weighted by molar-refractivity contribution is 5.67. The summed E-state index contributed by atoms with van der Waals surface area (Å²) < 4.78 is 16.0. The Morgan fingerprint density at radius 1 is 1.17 bits per heavy atom. The third-order valence-corrected chi connectivity index (χ3v) is 2.81. The van der Waals surface area contributed by atoms with Crippen molar-refractivity contribution in [3.05, 3.63) is 18.2 Å². The fourth-order valence-electron chi connectivity index (χ4n) is 1.88. The molecule has 0 saturated carbocycles. The number of ether oxygens (including phenoxy) is 3. The molecular formula is C17H28N2O4. The summed E-state index contributed by atoms with van der Waals surface area (Å²) in [6.45, 7) is 9.33. The fourth-order valence-corrected chi connectivity index (χ4v) is 1.88. The highest BCUT2D eigenvalue weighted by atomic mass is 16.6. The summed E-state index contributed by atoms with van der Waals surface area (Å²) in [5.41, 5.74) is 0.476. The van der Waals surface area contributed by atoms with Gasteiger partial charge in [0.05, 0.1) is 13.7 Å². The molecule has 0 heterocycles. The first-order valence-electron chi connectivity index (χ1n) is 7.87. The van der Waals surface area contributed by atoms with Gasteiger partial charge in [0.15, 0.2) is 11.5 Å². The quantitative estimate of drug-likeness (QED) is 0.717. The van der Waals surface area contributed by atoms with Crippen LogP contribution in [0.5, 0.6) is 11.5 Å². The first-order valence-corrected chi connectivity index (χ1v) is 7.87. The maximum atomic E-state index is 11.5. The lowest BCUT2D eigenvalue weighted by molar-refractivity contribution is 0.0528. The van der Waals surface area contributed by atoms with Crippen LogP contribution in [-0.4, -0.2) is 38.5 Å². The second kappa shape index (κ2) is 9.12. The molecule has 0 aliphatic rings. The molecule has 23 heavy (non-hydrogen) atoms. The molecule has 0 radical (unpaired) electrons. The SMILES string of the molecule is CCOc1ccc(NCCCNC(=O)OC(C)(C)C)cc1OC. The number of methoxy groups -OCH3 is 1. The minimum absolute atomic E-state index is 0.389. The highest BCUT2D eigenvalue weighted by Crippen LogP contribution is 2.30. The molecule has 2 N–H and O–H groups in total. The molecule has 0 unspecified atom stereocenters. The third kappa shape index (κ3) is 7.63. The zero-order valence-electron chi connectivity index (χ0n) is 14.7. The number of carbonyl (C=O) groups excluding carboxylic acids is 1. The summed E-state index contributed by atoms with van der Waals surface area (Å²) in [6.07, 6.45) is 0.398. The summed E-state index contributed by atoms with van der Waals surface area (Å²) in [5.74, 6) is 1.43. The molecule has 0 atom stereocenters. The standard InChI is InChI=1S/C17H28N2O4/c1-6-22-14-9-8-13(12-15(14)21-5)18-10-7-11-19-16(20)23-17(2,3)4/h8-9,12,18H,6-7,10-11H2,1-5H3,(H,19,20). The van der Waals surface area contributed by atoms with Crippen molar-refractivity contribution in [2.24, 2.45) is 0 Å². The van der Waals surface area contributed by atoms with Crippen molar-refractivity contribution >= 4 is 11.8 Å². The number of benzene rings is 1. The van der Waals surface area contributed by atoms with Gasteiger partial charge in [-0.1, -0.05) is 0 Å². The molecule has 0 aliphatic carbocycles. The maximum Gasteiger partial charge on any atom is 0.407 e. The van der Waals surface area contributed by atoms with Crippen LogP contribution in [0.15, 0.2) is 18.2 Å². The van der Waals surface area contributed by atoms with E-state index in [4.69, 9.17) is 14.2 Å². The predicted molar refractivity (Wildman–Crippen MR) is 91.5 cm³/mol. The first-order chi connectivity index (χ1) is 10.9. The second-order valence-electron chi connectivity index (χ2n) is 6.01. The molecule has 0 saturated heterocycles. The van der Waals surface area contributed by atoms with Crippen LogP contribution < -0.4 is 20.1 Å². The number of nitrogens with one attached hydrogen (secondary N) is 2. The first kappa shape index (κ1) is 18.9. The maximum absolute atomic E-state index is 11.5. The molecule has 1 aromatic rings. The van der Waals surface area contributed by atoms with E-state index < -0.39 is 5.60 Å². The van der Waals surface area contributed by atoms with Gasteiger partial charge >= 0.3 is 6.09 Å². The van der Waals surface area contributed by atoms with E-state index >= 15 is 0 Å². The highest BCUT2D eigenvalue weighted by Gasteiger charge is 2.15. The van der Waals surface area contributed by atoms with Crippen LogP contribution in [0.2, 0.25) is 0 Å². The van der Waals surface area contributed by atoms with Crippen molar-refractivity contribution in [3.8, 4) is 11.5 Å². The van der Waals surface area contributed by atoms with Gasteiger partial charge in [-0.25, -0.2) is 4.79 Å². The van der Waals surface area contributed by atoms with E-state index in [9.17, 15) is 4.79 Å². The van der Waals surface area contributed by atoms with E-state index in [0.717, 1.165) is 24.4 Å². The van der Waals surface area contributed by atoms with E-state index in [0.29, 0.717) is 18.9 Å². The van der Waals surface area contributed by atoms with Crippen molar-refractivity contribution in [1.29, 1.82) is 0 Å². The molecule has 0 spiro atoms. The van der Waals surface area contributed by atoms with Gasteiger partial charge in [0.1, 0.15) is 5.60 Å². The molecule has 0 fully saturated rings. The molecule has 6 heteroatoms. The lowest BCUT2D eigenvalue weighted by Gasteiger charge is -2.19. The van der Waals surface area contributed by atoms with Crippen LogP contribution in [0.4, 0.5) is 10.5 Å². The number of amides is 1. The smallest absolute Gasteiger partial charge is 0.407 e. The second-order valence-corrected chi connectivity index (χ2v) is 6.01. The topological polar surface area (TPSA) is 68.8 Å². The number of rotatable bonds is 8.